The summed E-state index contributed by atoms with van der Waals surface area (Å²) in [6.45, 7) is 0.195. The second kappa shape index (κ2) is 5.20. The van der Waals surface area contributed by atoms with Crippen LogP contribution in [0.5, 0.6) is 0 Å². The van der Waals surface area contributed by atoms with E-state index in [4.69, 9.17) is 22.1 Å². The predicted octanol–water partition coefficient (Wildman–Crippen LogP) is 2.20. The highest BCUT2D eigenvalue weighted by molar-refractivity contribution is 6.30. The number of halogens is 1. The van der Waals surface area contributed by atoms with Gasteiger partial charge in [0.25, 0.3) is 0 Å². The third kappa shape index (κ3) is 2.23. The first kappa shape index (κ1) is 12.6. The molecule has 0 aliphatic rings. The molecule has 1 aromatic heterocycles. The molecule has 2 aromatic rings. The van der Waals surface area contributed by atoms with Crippen molar-refractivity contribution >= 4 is 23.7 Å². The summed E-state index contributed by atoms with van der Waals surface area (Å²) in [6.07, 6.45) is 0.693. The Kier molecular flexibility index (Phi) is 3.64. The number of hydrogen-bond donors (Lipinski definition) is 1. The van der Waals surface area contributed by atoms with Crippen LogP contribution in [0.15, 0.2) is 24.3 Å². The summed E-state index contributed by atoms with van der Waals surface area (Å²) in [4.78, 5) is 11.1. The van der Waals surface area contributed by atoms with Crippen molar-refractivity contribution in [3.05, 3.63) is 34.9 Å². The van der Waals surface area contributed by atoms with E-state index in [-0.39, 0.29) is 12.5 Å². The molecule has 0 radical (unpaired) electrons. The Morgan fingerprint density at radius 3 is 2.67 bits per heavy atom. The van der Waals surface area contributed by atoms with Gasteiger partial charge in [-0.2, -0.15) is 5.10 Å². The number of anilines is 1. The van der Waals surface area contributed by atoms with Crippen molar-refractivity contribution in [2.24, 2.45) is 0 Å². The summed E-state index contributed by atoms with van der Waals surface area (Å²) in [5, 5.41) is 4.88. The number of nitrogens with zero attached hydrogens (tertiary/aromatic N) is 2. The van der Waals surface area contributed by atoms with Gasteiger partial charge in [-0.15, -0.1) is 0 Å². The van der Waals surface area contributed by atoms with Gasteiger partial charge in [-0.3, -0.25) is 4.79 Å². The average Bonchev–Trinajstić information content (AvgIpc) is 2.68. The van der Waals surface area contributed by atoms with Crippen LogP contribution in [0, 0.1) is 0 Å². The van der Waals surface area contributed by atoms with Crippen LogP contribution in [0.4, 0.5) is 5.82 Å². The van der Waals surface area contributed by atoms with Crippen molar-refractivity contribution < 1.29 is 9.53 Å². The van der Waals surface area contributed by atoms with Crippen LogP contribution in [0.1, 0.15) is 10.4 Å². The van der Waals surface area contributed by atoms with Crippen molar-refractivity contribution in [1.82, 2.24) is 9.78 Å². The molecule has 5 nitrogen and oxygen atoms in total. The number of rotatable bonds is 4. The standard InChI is InChI=1S/C12H12ClN3O2/c1-18-7-16-12(14)10(6-17)11(15-16)8-2-4-9(13)5-3-8/h2-6H,7,14H2,1H3. The van der Waals surface area contributed by atoms with Gasteiger partial charge in [0.05, 0.1) is 5.56 Å². The third-order valence-electron chi connectivity index (χ3n) is 2.52. The van der Waals surface area contributed by atoms with E-state index in [2.05, 4.69) is 5.10 Å². The van der Waals surface area contributed by atoms with Crippen molar-refractivity contribution in [2.75, 3.05) is 12.8 Å². The minimum absolute atomic E-state index is 0.195. The molecule has 0 spiro atoms. The van der Waals surface area contributed by atoms with E-state index in [0.717, 1.165) is 5.56 Å². The van der Waals surface area contributed by atoms with Crippen LogP contribution in [0.25, 0.3) is 11.3 Å². The number of methoxy groups -OCH3 is 1. The summed E-state index contributed by atoms with van der Waals surface area (Å²) in [6, 6.07) is 7.04. The minimum Gasteiger partial charge on any atom is -0.383 e. The lowest BCUT2D eigenvalue weighted by Crippen LogP contribution is -2.06. The molecule has 0 unspecified atom stereocenters. The first-order valence-electron chi connectivity index (χ1n) is 5.23. The maximum atomic E-state index is 11.1. The monoisotopic (exact) mass is 265 g/mol. The first-order valence-corrected chi connectivity index (χ1v) is 5.61. The molecule has 94 valence electrons. The van der Waals surface area contributed by atoms with Crippen molar-refractivity contribution in [3.8, 4) is 11.3 Å². The number of nitrogens with two attached hydrogens (primary N) is 1. The van der Waals surface area contributed by atoms with E-state index < -0.39 is 0 Å². The summed E-state index contributed by atoms with van der Waals surface area (Å²) >= 11 is 5.82. The molecule has 0 fully saturated rings. The number of aldehydes is 1. The van der Waals surface area contributed by atoms with Crippen LogP contribution in [-0.4, -0.2) is 23.2 Å². The van der Waals surface area contributed by atoms with Crippen molar-refractivity contribution in [3.63, 3.8) is 0 Å². The van der Waals surface area contributed by atoms with E-state index in [9.17, 15) is 4.79 Å². The zero-order valence-corrected chi connectivity index (χ0v) is 10.5. The van der Waals surface area contributed by atoms with Gasteiger partial charge in [-0.1, -0.05) is 23.7 Å². The van der Waals surface area contributed by atoms with Gasteiger partial charge in [0.15, 0.2) is 6.29 Å². The SMILES string of the molecule is COCn1nc(-c2ccc(Cl)cc2)c(C=O)c1N. The Morgan fingerprint density at radius 1 is 1.44 bits per heavy atom. The molecule has 2 N–H and O–H groups in total. The Balaban J connectivity index is 2.52. The Hall–Kier alpha value is -1.85. The second-order valence-corrected chi connectivity index (χ2v) is 4.13. The Labute approximate surface area is 109 Å². The fourth-order valence-corrected chi connectivity index (χ4v) is 1.77. The van der Waals surface area contributed by atoms with Crippen LogP contribution in [0.3, 0.4) is 0 Å². The molecular formula is C12H12ClN3O2. The number of benzene rings is 1. The van der Waals surface area contributed by atoms with E-state index in [0.29, 0.717) is 22.6 Å². The van der Waals surface area contributed by atoms with Gasteiger partial charge >= 0.3 is 0 Å². The summed E-state index contributed by atoms with van der Waals surface area (Å²) in [7, 11) is 1.53. The maximum Gasteiger partial charge on any atom is 0.156 e. The lowest BCUT2D eigenvalue weighted by Gasteiger charge is -2.00. The predicted molar refractivity (Wildman–Crippen MR) is 69.5 cm³/mol. The van der Waals surface area contributed by atoms with Crippen LogP contribution < -0.4 is 5.73 Å². The lowest BCUT2D eigenvalue weighted by atomic mass is 10.1. The molecule has 1 heterocycles. The number of carbonyl (C=O) groups is 1. The molecular weight excluding hydrogens is 254 g/mol. The summed E-state index contributed by atoms with van der Waals surface area (Å²) < 4.78 is 6.40. The fourth-order valence-electron chi connectivity index (χ4n) is 1.65. The minimum atomic E-state index is 0.195. The maximum absolute atomic E-state index is 11.1. The number of aromatic nitrogens is 2. The van der Waals surface area contributed by atoms with Gasteiger partial charge < -0.3 is 10.5 Å². The highest BCUT2D eigenvalue weighted by Gasteiger charge is 2.16. The average molecular weight is 266 g/mol. The van der Waals surface area contributed by atoms with E-state index in [1.807, 2.05) is 0 Å². The van der Waals surface area contributed by atoms with E-state index in [1.165, 1.54) is 11.8 Å². The van der Waals surface area contributed by atoms with Gasteiger partial charge in [0, 0.05) is 17.7 Å². The molecule has 0 saturated heterocycles. The second-order valence-electron chi connectivity index (χ2n) is 3.69. The van der Waals surface area contributed by atoms with Crippen molar-refractivity contribution in [1.29, 1.82) is 0 Å². The summed E-state index contributed by atoms with van der Waals surface area (Å²) in [5.74, 6) is 0.289. The molecule has 0 aliphatic carbocycles. The van der Waals surface area contributed by atoms with Crippen molar-refractivity contribution in [2.45, 2.75) is 6.73 Å². The molecule has 6 heteroatoms. The third-order valence-corrected chi connectivity index (χ3v) is 2.77. The topological polar surface area (TPSA) is 70.1 Å². The van der Waals surface area contributed by atoms with Crippen LogP contribution in [0.2, 0.25) is 5.02 Å². The fraction of sp³-hybridized carbons (Fsp3) is 0.167. The molecule has 18 heavy (non-hydrogen) atoms. The smallest absolute Gasteiger partial charge is 0.156 e. The van der Waals surface area contributed by atoms with Gasteiger partial charge in [-0.25, -0.2) is 4.68 Å². The highest BCUT2D eigenvalue weighted by Crippen LogP contribution is 2.26. The Morgan fingerprint density at radius 2 is 2.11 bits per heavy atom. The quantitative estimate of drug-likeness (QED) is 0.861. The summed E-state index contributed by atoms with van der Waals surface area (Å²) in [5.41, 5.74) is 7.49. The first-order chi connectivity index (χ1) is 8.67. The van der Waals surface area contributed by atoms with Gasteiger partial charge in [0.2, 0.25) is 0 Å². The number of hydrogen-bond acceptors (Lipinski definition) is 4. The zero-order chi connectivity index (χ0) is 13.1. The molecule has 0 amide bonds. The normalized spacial score (nSPS) is 10.6. The number of carbonyl (C=O) groups excluding carboxylic acids is 1. The molecule has 0 atom stereocenters. The molecule has 0 aliphatic heterocycles. The van der Waals surface area contributed by atoms with Gasteiger partial charge in [0.1, 0.15) is 18.2 Å². The lowest BCUT2D eigenvalue weighted by molar-refractivity contribution is 0.112. The molecule has 0 saturated carbocycles. The molecule has 1 aromatic carbocycles. The van der Waals surface area contributed by atoms with Crippen LogP contribution >= 0.6 is 11.6 Å². The Bertz CT molecular complexity index is 563. The van der Waals surface area contributed by atoms with E-state index in [1.54, 1.807) is 24.3 Å². The zero-order valence-electron chi connectivity index (χ0n) is 9.76. The number of nitrogen functional groups attached to an aromatic ring is 1. The number of ether oxygens (including phenoxy) is 1. The van der Waals surface area contributed by atoms with E-state index >= 15 is 0 Å². The van der Waals surface area contributed by atoms with Gasteiger partial charge in [-0.05, 0) is 12.1 Å². The molecule has 0 bridgehead atoms. The molecule has 2 rings (SSSR count). The largest absolute Gasteiger partial charge is 0.383 e. The van der Waals surface area contributed by atoms with Crippen LogP contribution in [-0.2, 0) is 11.5 Å². The highest BCUT2D eigenvalue weighted by atomic mass is 35.5.